The molecule has 5 nitrogen and oxygen atoms in total. The van der Waals surface area contributed by atoms with Crippen molar-refractivity contribution in [1.82, 2.24) is 9.80 Å². The molecule has 2 aliphatic rings. The smallest absolute Gasteiger partial charge is 0.321 e. The van der Waals surface area contributed by atoms with E-state index in [2.05, 4.69) is 30.4 Å². The Balaban J connectivity index is 1.55. The molecule has 1 heterocycles. The minimum absolute atomic E-state index is 0.0334. The summed E-state index contributed by atoms with van der Waals surface area (Å²) in [7, 11) is 4.29. The third-order valence-corrected chi connectivity index (χ3v) is 5.95. The van der Waals surface area contributed by atoms with Crippen LogP contribution < -0.4 is 5.32 Å². The summed E-state index contributed by atoms with van der Waals surface area (Å²) in [6, 6.07) is 14.1. The van der Waals surface area contributed by atoms with Crippen molar-refractivity contribution in [1.29, 1.82) is 5.26 Å². The minimum atomic E-state index is -0.0334. The number of nitriles is 1. The first-order valence-corrected chi connectivity index (χ1v) is 9.22. The van der Waals surface area contributed by atoms with Gasteiger partial charge in [-0.1, -0.05) is 24.3 Å². The van der Waals surface area contributed by atoms with Crippen molar-refractivity contribution in [3.8, 4) is 6.07 Å². The molecule has 2 fully saturated rings. The number of carbonyl (C=O) groups is 1. The lowest BCUT2D eigenvalue weighted by Crippen LogP contribution is -2.53. The Bertz CT molecular complexity index is 871. The van der Waals surface area contributed by atoms with Crippen LogP contribution in [0.3, 0.4) is 0 Å². The molecule has 1 saturated carbocycles. The minimum Gasteiger partial charge on any atom is -0.324 e. The molecule has 26 heavy (non-hydrogen) atoms. The van der Waals surface area contributed by atoms with Gasteiger partial charge >= 0.3 is 6.03 Å². The molecular weight excluding hydrogens is 324 g/mol. The van der Waals surface area contributed by atoms with Crippen molar-refractivity contribution in [2.24, 2.45) is 11.8 Å². The van der Waals surface area contributed by atoms with Crippen LogP contribution in [0, 0.1) is 23.2 Å². The lowest BCUT2D eigenvalue weighted by molar-refractivity contribution is 0.0953. The summed E-state index contributed by atoms with van der Waals surface area (Å²) in [5.41, 5.74) is 1.40. The second-order valence-electron chi connectivity index (χ2n) is 7.70. The first kappa shape index (κ1) is 16.9. The van der Waals surface area contributed by atoms with Gasteiger partial charge in [-0.15, -0.1) is 0 Å². The van der Waals surface area contributed by atoms with Crippen molar-refractivity contribution >= 4 is 22.5 Å². The number of rotatable bonds is 2. The quantitative estimate of drug-likeness (QED) is 0.903. The first-order valence-electron chi connectivity index (χ1n) is 9.22. The van der Waals surface area contributed by atoms with E-state index in [1.165, 1.54) is 12.8 Å². The fraction of sp³-hybridized carbons (Fsp3) is 0.429. The van der Waals surface area contributed by atoms with Gasteiger partial charge in [0, 0.05) is 29.9 Å². The van der Waals surface area contributed by atoms with Crippen molar-refractivity contribution in [2.45, 2.75) is 18.9 Å². The van der Waals surface area contributed by atoms with Gasteiger partial charge in [0.15, 0.2) is 0 Å². The first-order chi connectivity index (χ1) is 12.6. The third-order valence-electron chi connectivity index (χ3n) is 5.95. The Labute approximate surface area is 154 Å². The average Bonchev–Trinajstić information content (AvgIpc) is 2.92. The molecule has 2 bridgehead atoms. The zero-order valence-electron chi connectivity index (χ0n) is 15.3. The van der Waals surface area contributed by atoms with Crippen LogP contribution in [-0.2, 0) is 0 Å². The lowest BCUT2D eigenvalue weighted by atomic mass is 9.91. The molecule has 2 aromatic carbocycles. The van der Waals surface area contributed by atoms with Gasteiger partial charge in [-0.05, 0) is 50.9 Å². The van der Waals surface area contributed by atoms with Crippen LogP contribution in [0.25, 0.3) is 10.8 Å². The van der Waals surface area contributed by atoms with Crippen LogP contribution in [-0.4, -0.2) is 49.1 Å². The number of likely N-dealkylation sites (tertiary alicyclic amines) is 1. The van der Waals surface area contributed by atoms with Crippen LogP contribution in [0.2, 0.25) is 0 Å². The van der Waals surface area contributed by atoms with E-state index in [0.29, 0.717) is 23.4 Å². The van der Waals surface area contributed by atoms with Crippen LogP contribution in [0.4, 0.5) is 10.5 Å². The number of urea groups is 1. The van der Waals surface area contributed by atoms with Crippen molar-refractivity contribution in [3.05, 3.63) is 42.0 Å². The summed E-state index contributed by atoms with van der Waals surface area (Å²) in [6.07, 6.45) is 2.41. The highest BCUT2D eigenvalue weighted by Gasteiger charge is 2.44. The molecule has 1 N–H and O–H groups in total. The van der Waals surface area contributed by atoms with Crippen LogP contribution in [0.1, 0.15) is 18.4 Å². The molecule has 2 aromatic rings. The summed E-state index contributed by atoms with van der Waals surface area (Å²) in [5.74, 6) is 1.12. The molecule has 1 aliphatic heterocycles. The molecule has 2 amide bonds. The van der Waals surface area contributed by atoms with Crippen molar-refractivity contribution < 1.29 is 4.79 Å². The summed E-state index contributed by atoms with van der Waals surface area (Å²) in [6.45, 7) is 1.64. The normalized spacial score (nSPS) is 24.7. The molecule has 134 valence electrons. The lowest BCUT2D eigenvalue weighted by Gasteiger charge is -2.41. The number of nitrogens with zero attached hydrogens (tertiary/aromatic N) is 3. The summed E-state index contributed by atoms with van der Waals surface area (Å²) in [5, 5.41) is 14.2. The summed E-state index contributed by atoms with van der Waals surface area (Å²) >= 11 is 0. The van der Waals surface area contributed by atoms with E-state index in [9.17, 15) is 10.1 Å². The zero-order chi connectivity index (χ0) is 18.3. The highest BCUT2D eigenvalue weighted by atomic mass is 16.2. The van der Waals surface area contributed by atoms with Crippen LogP contribution in [0.5, 0.6) is 0 Å². The molecule has 0 aromatic heterocycles. The maximum absolute atomic E-state index is 12.9. The number of carbonyl (C=O) groups excluding carboxylic acids is 1. The van der Waals surface area contributed by atoms with Crippen LogP contribution in [0.15, 0.2) is 36.4 Å². The van der Waals surface area contributed by atoms with Gasteiger partial charge in [0.25, 0.3) is 0 Å². The highest BCUT2D eigenvalue weighted by Crippen LogP contribution is 2.39. The Morgan fingerprint density at radius 1 is 1.12 bits per heavy atom. The predicted octanol–water partition coefficient (Wildman–Crippen LogP) is 3.52. The monoisotopic (exact) mass is 348 g/mol. The number of benzene rings is 2. The molecule has 5 heteroatoms. The van der Waals surface area contributed by atoms with Gasteiger partial charge in [0.2, 0.25) is 0 Å². The summed E-state index contributed by atoms with van der Waals surface area (Å²) < 4.78 is 0. The molecule has 1 aliphatic carbocycles. The third kappa shape index (κ3) is 2.81. The molecular formula is C21H24N4O. The van der Waals surface area contributed by atoms with E-state index >= 15 is 0 Å². The van der Waals surface area contributed by atoms with Crippen molar-refractivity contribution in [2.75, 3.05) is 32.5 Å². The number of anilines is 1. The molecule has 0 radical (unpaired) electrons. The van der Waals surface area contributed by atoms with Gasteiger partial charge in [-0.2, -0.15) is 5.26 Å². The van der Waals surface area contributed by atoms with E-state index < -0.39 is 0 Å². The van der Waals surface area contributed by atoms with Gasteiger partial charge in [0.05, 0.1) is 17.3 Å². The second kappa shape index (κ2) is 6.62. The van der Waals surface area contributed by atoms with Crippen molar-refractivity contribution in [3.63, 3.8) is 0 Å². The highest BCUT2D eigenvalue weighted by molar-refractivity contribution is 6.03. The molecule has 0 spiro atoms. The van der Waals surface area contributed by atoms with Gasteiger partial charge < -0.3 is 15.1 Å². The van der Waals surface area contributed by atoms with Gasteiger partial charge in [-0.3, -0.25) is 0 Å². The number of hydrogen-bond acceptors (Lipinski definition) is 3. The fourth-order valence-corrected chi connectivity index (χ4v) is 4.90. The van der Waals surface area contributed by atoms with Crippen LogP contribution >= 0.6 is 0 Å². The number of fused-ring (bicyclic) bond motifs is 3. The second-order valence-corrected chi connectivity index (χ2v) is 7.70. The fourth-order valence-electron chi connectivity index (χ4n) is 4.90. The molecule has 2 atom stereocenters. The maximum Gasteiger partial charge on any atom is 0.321 e. The number of hydrogen-bond donors (Lipinski definition) is 1. The zero-order valence-corrected chi connectivity index (χ0v) is 15.3. The topological polar surface area (TPSA) is 59.4 Å². The Hall–Kier alpha value is -2.58. The van der Waals surface area contributed by atoms with Gasteiger partial charge in [-0.25, -0.2) is 4.79 Å². The largest absolute Gasteiger partial charge is 0.324 e. The maximum atomic E-state index is 12.9. The molecule has 2 unspecified atom stereocenters. The predicted molar refractivity (Wildman–Crippen MR) is 103 cm³/mol. The Morgan fingerprint density at radius 3 is 2.38 bits per heavy atom. The van der Waals surface area contributed by atoms with E-state index in [0.717, 1.165) is 29.5 Å². The SMILES string of the molecule is CN(C)C1C2CCC1CN(C(=O)Nc1ccc(C#N)c3ccccc13)C2. The standard InChI is InChI=1S/C21H24N4O/c1-24(2)20-15-7-8-16(20)13-25(12-15)21(26)23-19-10-9-14(11-22)17-5-3-4-6-18(17)19/h3-6,9-10,15-16,20H,7-8,12-13H2,1-2H3,(H,23,26). The molecule has 4 rings (SSSR count). The Morgan fingerprint density at radius 2 is 1.77 bits per heavy atom. The van der Waals surface area contributed by atoms with Gasteiger partial charge in [0.1, 0.15) is 0 Å². The van der Waals surface area contributed by atoms with E-state index in [1.54, 1.807) is 6.07 Å². The average molecular weight is 348 g/mol. The molecule has 1 saturated heterocycles. The number of nitrogens with one attached hydrogen (secondary N) is 1. The Kier molecular flexibility index (Phi) is 4.29. The number of piperidine rings is 1. The summed E-state index contributed by atoms with van der Waals surface area (Å²) in [4.78, 5) is 17.2. The van der Waals surface area contributed by atoms with E-state index in [1.807, 2.05) is 35.2 Å². The van der Waals surface area contributed by atoms with E-state index in [4.69, 9.17) is 0 Å². The van der Waals surface area contributed by atoms with E-state index in [-0.39, 0.29) is 6.03 Å². The number of amides is 2.